The standard InChI is InChI=1S/C25H29N.C7H17N.C5H10/c1-18(2)24-15-16-25(21(5)17-24)26(7)22(6)19(3)13-14-20(4)23-11-9-8-10-12-23;1-3-5-6-7(8)4-2;1-2-5-3-4-5/h8-17H,1,6H2,2-5,7H3;7H,3-6,8H2,1-2H3;5H,2-4H2,1H3/b19-13+,20-14+;;. The fourth-order valence-electron chi connectivity index (χ4n) is 4.05. The van der Waals surface area contributed by atoms with Gasteiger partial charge in [0.1, 0.15) is 0 Å². The lowest BCUT2D eigenvalue weighted by molar-refractivity contribution is 0.562. The number of allylic oxidation sites excluding steroid dienone is 5. The molecule has 2 nitrogen and oxygen atoms in total. The van der Waals surface area contributed by atoms with Crippen molar-refractivity contribution in [2.75, 3.05) is 11.9 Å². The van der Waals surface area contributed by atoms with Gasteiger partial charge in [-0.1, -0.05) is 120 Å². The van der Waals surface area contributed by atoms with Crippen LogP contribution in [0.4, 0.5) is 5.69 Å². The molecule has 2 N–H and O–H groups in total. The Morgan fingerprint density at radius 2 is 1.62 bits per heavy atom. The molecule has 1 saturated carbocycles. The van der Waals surface area contributed by atoms with Crippen LogP contribution in [-0.4, -0.2) is 13.1 Å². The summed E-state index contributed by atoms with van der Waals surface area (Å²) in [5, 5.41) is 0. The van der Waals surface area contributed by atoms with Crippen molar-refractivity contribution in [1.82, 2.24) is 0 Å². The molecule has 0 heterocycles. The maximum Gasteiger partial charge on any atom is 0.0438 e. The van der Waals surface area contributed by atoms with Crippen molar-refractivity contribution >= 4 is 16.8 Å². The second kappa shape index (κ2) is 18.4. The monoisotopic (exact) mass is 528 g/mol. The molecule has 0 bridgehead atoms. The molecular weight excluding hydrogens is 472 g/mol. The minimum atomic E-state index is 0.454. The van der Waals surface area contributed by atoms with Crippen LogP contribution in [-0.2, 0) is 0 Å². The van der Waals surface area contributed by atoms with Crippen LogP contribution in [0.5, 0.6) is 0 Å². The molecule has 0 spiro atoms. The second-order valence-electron chi connectivity index (χ2n) is 11.0. The van der Waals surface area contributed by atoms with Crippen molar-refractivity contribution in [2.45, 2.75) is 99.5 Å². The van der Waals surface area contributed by atoms with Gasteiger partial charge in [0.2, 0.25) is 0 Å². The van der Waals surface area contributed by atoms with Crippen LogP contribution < -0.4 is 10.6 Å². The van der Waals surface area contributed by atoms with Gasteiger partial charge in [-0.2, -0.15) is 0 Å². The molecule has 39 heavy (non-hydrogen) atoms. The average molecular weight is 529 g/mol. The highest BCUT2D eigenvalue weighted by atomic mass is 15.1. The molecule has 0 radical (unpaired) electrons. The lowest BCUT2D eigenvalue weighted by atomic mass is 10.0. The molecule has 1 fully saturated rings. The first-order valence-electron chi connectivity index (χ1n) is 14.9. The molecule has 0 amide bonds. The molecule has 0 saturated heterocycles. The van der Waals surface area contributed by atoms with Crippen molar-refractivity contribution < 1.29 is 0 Å². The third-order valence-corrected chi connectivity index (χ3v) is 7.45. The molecule has 2 aromatic carbocycles. The van der Waals surface area contributed by atoms with Crippen molar-refractivity contribution in [2.24, 2.45) is 11.7 Å². The Balaban J connectivity index is 0.000000478. The minimum Gasteiger partial charge on any atom is -0.345 e. The molecule has 0 aromatic heterocycles. The Bertz CT molecular complexity index is 1070. The largest absolute Gasteiger partial charge is 0.345 e. The fraction of sp³-hybridized carbons (Fsp3) is 0.459. The van der Waals surface area contributed by atoms with Crippen LogP contribution in [0, 0.1) is 12.8 Å². The van der Waals surface area contributed by atoms with Gasteiger partial charge in [0.25, 0.3) is 0 Å². The molecule has 214 valence electrons. The summed E-state index contributed by atoms with van der Waals surface area (Å²) in [5.41, 5.74) is 14.9. The van der Waals surface area contributed by atoms with Crippen molar-refractivity contribution in [1.29, 1.82) is 0 Å². The summed E-state index contributed by atoms with van der Waals surface area (Å²) in [7, 11) is 2.07. The maximum absolute atomic E-state index is 5.66. The Labute approximate surface area is 241 Å². The summed E-state index contributed by atoms with van der Waals surface area (Å²) in [5.74, 6) is 1.13. The number of hydrogen-bond donors (Lipinski definition) is 1. The number of rotatable bonds is 11. The van der Waals surface area contributed by atoms with Crippen molar-refractivity contribution in [3.8, 4) is 0 Å². The Morgan fingerprint density at radius 3 is 2.08 bits per heavy atom. The number of anilines is 1. The Kier molecular flexibility index (Phi) is 16.2. The van der Waals surface area contributed by atoms with E-state index in [1.807, 2.05) is 13.0 Å². The zero-order valence-electron chi connectivity index (χ0n) is 26.3. The summed E-state index contributed by atoms with van der Waals surface area (Å²) in [6.07, 6.45) is 13.6. The number of benzene rings is 2. The molecule has 2 heteroatoms. The van der Waals surface area contributed by atoms with E-state index in [2.05, 4.69) is 121 Å². The van der Waals surface area contributed by atoms with Crippen molar-refractivity contribution in [3.05, 3.63) is 102 Å². The van der Waals surface area contributed by atoms with Gasteiger partial charge in [-0.25, -0.2) is 0 Å². The molecule has 1 aliphatic rings. The van der Waals surface area contributed by atoms with E-state index in [1.54, 1.807) is 0 Å². The summed E-state index contributed by atoms with van der Waals surface area (Å²) in [4.78, 5) is 2.15. The molecule has 1 aliphatic carbocycles. The summed E-state index contributed by atoms with van der Waals surface area (Å²) >= 11 is 0. The molecular formula is C37H56N2. The van der Waals surface area contributed by atoms with Gasteiger partial charge >= 0.3 is 0 Å². The minimum absolute atomic E-state index is 0.454. The van der Waals surface area contributed by atoms with E-state index in [0.717, 1.165) is 34.9 Å². The third-order valence-electron chi connectivity index (χ3n) is 7.45. The molecule has 0 aliphatic heterocycles. The number of hydrogen-bond acceptors (Lipinski definition) is 2. The van der Waals surface area contributed by atoms with Gasteiger partial charge in [0.05, 0.1) is 0 Å². The van der Waals surface area contributed by atoms with Gasteiger partial charge in [0, 0.05) is 24.5 Å². The van der Waals surface area contributed by atoms with Crippen molar-refractivity contribution in [3.63, 3.8) is 0 Å². The van der Waals surface area contributed by atoms with Crippen LogP contribution in [0.2, 0.25) is 0 Å². The summed E-state index contributed by atoms with van der Waals surface area (Å²) < 4.78 is 0. The van der Waals surface area contributed by atoms with Gasteiger partial charge in [0.15, 0.2) is 0 Å². The van der Waals surface area contributed by atoms with E-state index in [0.29, 0.717) is 6.04 Å². The lowest BCUT2D eigenvalue weighted by Gasteiger charge is -2.24. The predicted octanol–water partition coefficient (Wildman–Crippen LogP) is 10.7. The van der Waals surface area contributed by atoms with Gasteiger partial charge in [-0.05, 0) is 86.4 Å². The van der Waals surface area contributed by atoms with E-state index < -0.39 is 0 Å². The highest BCUT2D eigenvalue weighted by Crippen LogP contribution is 2.31. The second-order valence-corrected chi connectivity index (χ2v) is 11.0. The Morgan fingerprint density at radius 1 is 0.974 bits per heavy atom. The lowest BCUT2D eigenvalue weighted by Crippen LogP contribution is -2.17. The number of likely N-dealkylation sites (N-methyl/N-ethyl adjacent to an activating group) is 1. The van der Waals surface area contributed by atoms with Crippen LogP contribution in [0.1, 0.15) is 103 Å². The van der Waals surface area contributed by atoms with E-state index in [9.17, 15) is 0 Å². The number of nitrogens with two attached hydrogens (primary N) is 1. The highest BCUT2D eigenvalue weighted by molar-refractivity contribution is 5.69. The fourth-order valence-corrected chi connectivity index (χ4v) is 4.05. The van der Waals surface area contributed by atoms with Gasteiger partial charge < -0.3 is 10.6 Å². The smallest absolute Gasteiger partial charge is 0.0438 e. The maximum atomic E-state index is 5.66. The Hall–Kier alpha value is -2.84. The number of unbranched alkanes of at least 4 members (excludes halogenated alkanes) is 1. The topological polar surface area (TPSA) is 29.3 Å². The first-order chi connectivity index (χ1) is 18.5. The van der Waals surface area contributed by atoms with Crippen LogP contribution in [0.15, 0.2) is 85.1 Å². The molecule has 2 aromatic rings. The zero-order chi connectivity index (χ0) is 29.4. The third kappa shape index (κ3) is 13.2. The van der Waals surface area contributed by atoms with Crippen LogP contribution in [0.3, 0.4) is 0 Å². The quantitative estimate of drug-likeness (QED) is 0.294. The number of nitrogens with zero attached hydrogens (tertiary/aromatic N) is 1. The first-order valence-corrected chi connectivity index (χ1v) is 14.9. The van der Waals surface area contributed by atoms with E-state index in [1.165, 1.54) is 60.8 Å². The van der Waals surface area contributed by atoms with E-state index >= 15 is 0 Å². The predicted molar refractivity (Wildman–Crippen MR) is 178 cm³/mol. The molecule has 1 atom stereocenters. The first kappa shape index (κ1) is 34.2. The van der Waals surface area contributed by atoms with Gasteiger partial charge in [-0.15, -0.1) is 0 Å². The SMILES string of the molecule is C=C(C)c1ccc(N(C)C(=C)/C(C)=C/C=C(\C)c2ccccc2)c(C)c1.CCC1CC1.CCCCC(N)CC. The summed E-state index contributed by atoms with van der Waals surface area (Å²) in [6, 6.07) is 17.3. The molecule has 1 unspecified atom stereocenters. The van der Waals surface area contributed by atoms with E-state index in [4.69, 9.17) is 5.73 Å². The van der Waals surface area contributed by atoms with Crippen LogP contribution in [0.25, 0.3) is 11.1 Å². The summed E-state index contributed by atoms with van der Waals surface area (Å²) in [6.45, 7) is 23.3. The average Bonchev–Trinajstić information content (AvgIpc) is 3.79. The van der Waals surface area contributed by atoms with E-state index in [-0.39, 0.29) is 0 Å². The van der Waals surface area contributed by atoms with Crippen LogP contribution >= 0.6 is 0 Å². The zero-order valence-corrected chi connectivity index (χ0v) is 26.3. The highest BCUT2D eigenvalue weighted by Gasteiger charge is 2.17. The number of aryl methyl sites for hydroxylation is 1. The molecule has 3 rings (SSSR count). The van der Waals surface area contributed by atoms with Gasteiger partial charge in [-0.3, -0.25) is 0 Å². The normalized spacial score (nSPS) is 13.9.